The van der Waals surface area contributed by atoms with Crippen LogP contribution in [-0.2, 0) is 0 Å². The summed E-state index contributed by atoms with van der Waals surface area (Å²) < 4.78 is 0. The van der Waals surface area contributed by atoms with Gasteiger partial charge in [0.15, 0.2) is 0 Å². The summed E-state index contributed by atoms with van der Waals surface area (Å²) in [4.78, 5) is 52.2. The van der Waals surface area contributed by atoms with E-state index >= 15 is 0 Å². The van der Waals surface area contributed by atoms with Crippen molar-refractivity contribution in [2.75, 3.05) is 13.1 Å². The maximum absolute atomic E-state index is 12.6. The molecular formula is C19H17N5O3. The quantitative estimate of drug-likeness (QED) is 0.725. The predicted molar refractivity (Wildman–Crippen MR) is 98.4 cm³/mol. The molecule has 0 bridgehead atoms. The van der Waals surface area contributed by atoms with Gasteiger partial charge in [0.25, 0.3) is 17.0 Å². The highest BCUT2D eigenvalue weighted by Gasteiger charge is 2.30. The number of rotatable bonds is 3. The van der Waals surface area contributed by atoms with Crippen LogP contribution in [0.5, 0.6) is 0 Å². The van der Waals surface area contributed by atoms with Gasteiger partial charge in [0.1, 0.15) is 5.82 Å². The van der Waals surface area contributed by atoms with Crippen molar-refractivity contribution in [2.24, 2.45) is 0 Å². The van der Waals surface area contributed by atoms with Gasteiger partial charge >= 0.3 is 0 Å². The zero-order chi connectivity index (χ0) is 18.8. The van der Waals surface area contributed by atoms with Crippen molar-refractivity contribution in [3.05, 3.63) is 81.0 Å². The number of carbonyl (C=O) groups is 1. The normalized spacial score (nSPS) is 16.4. The van der Waals surface area contributed by atoms with Gasteiger partial charge in [0.2, 0.25) is 0 Å². The molecule has 1 aliphatic heterocycles. The first-order valence-corrected chi connectivity index (χ1v) is 8.60. The summed E-state index contributed by atoms with van der Waals surface area (Å²) in [6.07, 6.45) is 5.37. The molecule has 3 aromatic heterocycles. The lowest BCUT2D eigenvalue weighted by Gasteiger charge is -2.16. The Kier molecular flexibility index (Phi) is 4.37. The van der Waals surface area contributed by atoms with Gasteiger partial charge in [-0.3, -0.25) is 19.4 Å². The molecule has 1 fully saturated rings. The second-order valence-electron chi connectivity index (χ2n) is 6.41. The molecule has 0 radical (unpaired) electrons. The largest absolute Gasteiger partial charge is 0.338 e. The Morgan fingerprint density at radius 2 is 2.11 bits per heavy atom. The number of amides is 1. The molecule has 1 atom stereocenters. The molecule has 0 unspecified atom stereocenters. The van der Waals surface area contributed by atoms with E-state index in [9.17, 15) is 14.4 Å². The number of H-pyrrole nitrogens is 2. The Morgan fingerprint density at radius 3 is 2.89 bits per heavy atom. The first kappa shape index (κ1) is 16.9. The highest BCUT2D eigenvalue weighted by Crippen LogP contribution is 2.26. The Morgan fingerprint density at radius 1 is 1.22 bits per heavy atom. The number of pyridine rings is 2. The summed E-state index contributed by atoms with van der Waals surface area (Å²) >= 11 is 0. The van der Waals surface area contributed by atoms with Crippen LogP contribution in [0.3, 0.4) is 0 Å². The van der Waals surface area contributed by atoms with Gasteiger partial charge < -0.3 is 14.9 Å². The predicted octanol–water partition coefficient (Wildman–Crippen LogP) is 1.15. The van der Waals surface area contributed by atoms with E-state index < -0.39 is 0 Å². The monoisotopic (exact) mass is 363 g/mol. The molecule has 0 aromatic carbocycles. The van der Waals surface area contributed by atoms with E-state index in [4.69, 9.17) is 0 Å². The van der Waals surface area contributed by atoms with Crippen LogP contribution in [0.25, 0.3) is 11.3 Å². The van der Waals surface area contributed by atoms with E-state index in [1.807, 2.05) is 0 Å². The minimum atomic E-state index is -0.324. The molecule has 0 spiro atoms. The van der Waals surface area contributed by atoms with E-state index in [1.165, 1.54) is 18.5 Å². The van der Waals surface area contributed by atoms with Crippen molar-refractivity contribution in [3.8, 4) is 11.3 Å². The van der Waals surface area contributed by atoms with Crippen molar-refractivity contribution >= 4 is 5.91 Å². The Labute approximate surface area is 153 Å². The minimum absolute atomic E-state index is 0.0939. The highest BCUT2D eigenvalue weighted by molar-refractivity contribution is 5.94. The van der Waals surface area contributed by atoms with E-state index in [2.05, 4.69) is 19.9 Å². The third kappa shape index (κ3) is 3.41. The zero-order valence-electron chi connectivity index (χ0n) is 14.4. The van der Waals surface area contributed by atoms with Crippen LogP contribution in [0.4, 0.5) is 0 Å². The molecule has 1 aliphatic rings. The van der Waals surface area contributed by atoms with Crippen molar-refractivity contribution in [1.29, 1.82) is 0 Å². The third-order valence-corrected chi connectivity index (χ3v) is 4.62. The maximum atomic E-state index is 12.6. The fraction of sp³-hybridized carbons (Fsp3) is 0.211. The average molecular weight is 363 g/mol. The van der Waals surface area contributed by atoms with Crippen LogP contribution < -0.4 is 11.1 Å². The summed E-state index contributed by atoms with van der Waals surface area (Å²) in [6.45, 7) is 1.02. The highest BCUT2D eigenvalue weighted by atomic mass is 16.2. The lowest BCUT2D eigenvalue weighted by molar-refractivity contribution is 0.0790. The van der Waals surface area contributed by atoms with Crippen LogP contribution in [0.2, 0.25) is 0 Å². The zero-order valence-corrected chi connectivity index (χ0v) is 14.4. The van der Waals surface area contributed by atoms with E-state index in [-0.39, 0.29) is 22.9 Å². The molecule has 1 amide bonds. The van der Waals surface area contributed by atoms with E-state index in [0.717, 1.165) is 0 Å². The SMILES string of the molecule is O=C(c1cccnc1)N1CC[C@H](c2nc(-c3ccc[nH]c3=O)cc(=O)[nH]2)C1. The molecular weight excluding hydrogens is 346 g/mol. The van der Waals surface area contributed by atoms with E-state index in [0.29, 0.717) is 42.2 Å². The van der Waals surface area contributed by atoms with Gasteiger partial charge in [0.05, 0.1) is 16.8 Å². The van der Waals surface area contributed by atoms with Gasteiger partial charge in [-0.25, -0.2) is 4.98 Å². The Hall–Kier alpha value is -3.55. The first-order chi connectivity index (χ1) is 13.1. The number of carbonyl (C=O) groups excluding carboxylic acids is 1. The first-order valence-electron chi connectivity index (χ1n) is 8.60. The number of nitrogens with one attached hydrogen (secondary N) is 2. The third-order valence-electron chi connectivity index (χ3n) is 4.62. The molecule has 27 heavy (non-hydrogen) atoms. The number of hydrogen-bond acceptors (Lipinski definition) is 5. The van der Waals surface area contributed by atoms with Crippen LogP contribution >= 0.6 is 0 Å². The fourth-order valence-electron chi connectivity index (χ4n) is 3.27. The van der Waals surface area contributed by atoms with Crippen LogP contribution in [-0.4, -0.2) is 43.8 Å². The Bertz CT molecular complexity index is 1090. The summed E-state index contributed by atoms with van der Waals surface area (Å²) in [7, 11) is 0. The van der Waals surface area contributed by atoms with Crippen molar-refractivity contribution < 1.29 is 4.79 Å². The Balaban J connectivity index is 1.60. The molecule has 4 rings (SSSR count). The lowest BCUT2D eigenvalue weighted by atomic mass is 10.1. The number of nitrogens with zero attached hydrogens (tertiary/aromatic N) is 3. The lowest BCUT2D eigenvalue weighted by Crippen LogP contribution is -2.29. The van der Waals surface area contributed by atoms with Crippen LogP contribution in [0.15, 0.2) is 58.5 Å². The van der Waals surface area contributed by atoms with Gasteiger partial charge in [0, 0.05) is 43.7 Å². The van der Waals surface area contributed by atoms with Crippen molar-refractivity contribution in [1.82, 2.24) is 24.8 Å². The standard InChI is InChI=1S/C19H17N5O3/c25-16-9-15(14-4-2-7-21-18(14)26)22-17(23-16)13-5-8-24(11-13)19(27)12-3-1-6-20-10-12/h1-4,6-7,9-10,13H,5,8,11H2,(H,21,26)(H,22,23,25)/t13-/m0/s1. The number of likely N-dealkylation sites (tertiary alicyclic amines) is 1. The minimum Gasteiger partial charge on any atom is -0.338 e. The van der Waals surface area contributed by atoms with Gasteiger partial charge in [-0.1, -0.05) is 0 Å². The van der Waals surface area contributed by atoms with E-state index in [1.54, 1.807) is 35.4 Å². The number of hydrogen-bond donors (Lipinski definition) is 2. The second kappa shape index (κ2) is 6.99. The molecule has 136 valence electrons. The van der Waals surface area contributed by atoms with Crippen molar-refractivity contribution in [2.45, 2.75) is 12.3 Å². The van der Waals surface area contributed by atoms with Crippen LogP contribution in [0.1, 0.15) is 28.5 Å². The molecule has 4 heterocycles. The summed E-state index contributed by atoms with van der Waals surface area (Å²) in [5.41, 5.74) is 0.569. The summed E-state index contributed by atoms with van der Waals surface area (Å²) in [5, 5.41) is 0. The number of aromatic nitrogens is 4. The maximum Gasteiger partial charge on any atom is 0.257 e. The van der Waals surface area contributed by atoms with Crippen molar-refractivity contribution in [3.63, 3.8) is 0 Å². The number of aromatic amines is 2. The second-order valence-corrected chi connectivity index (χ2v) is 6.41. The topological polar surface area (TPSA) is 112 Å². The van der Waals surface area contributed by atoms with Crippen LogP contribution in [0, 0.1) is 0 Å². The van der Waals surface area contributed by atoms with Gasteiger partial charge in [-0.15, -0.1) is 0 Å². The average Bonchev–Trinajstić information content (AvgIpc) is 3.18. The molecule has 0 aliphatic carbocycles. The molecule has 3 aromatic rings. The van der Waals surface area contributed by atoms with Gasteiger partial charge in [-0.05, 0) is 30.7 Å². The van der Waals surface area contributed by atoms with Gasteiger partial charge in [-0.2, -0.15) is 0 Å². The molecule has 1 saturated heterocycles. The molecule has 0 saturated carbocycles. The molecule has 2 N–H and O–H groups in total. The summed E-state index contributed by atoms with van der Waals surface area (Å²) in [5.74, 6) is 0.298. The fourth-order valence-corrected chi connectivity index (χ4v) is 3.27. The molecule has 8 heteroatoms. The summed E-state index contributed by atoms with van der Waals surface area (Å²) in [6, 6.07) is 8.06. The molecule has 8 nitrogen and oxygen atoms in total. The smallest absolute Gasteiger partial charge is 0.257 e.